The number of fused-ring (bicyclic) bond motifs is 3. The van der Waals surface area contributed by atoms with Crippen LogP contribution in [0, 0.1) is 18.6 Å². The molecule has 0 saturated heterocycles. The van der Waals surface area contributed by atoms with Gasteiger partial charge in [-0.15, -0.1) is 0 Å². The van der Waals surface area contributed by atoms with Crippen molar-refractivity contribution in [1.82, 2.24) is 14.8 Å². The smallest absolute Gasteiger partial charge is 0.267 e. The number of nitrogens with zero attached hydrogens (tertiary/aromatic N) is 4. The van der Waals surface area contributed by atoms with Crippen molar-refractivity contribution < 1.29 is 27.8 Å². The van der Waals surface area contributed by atoms with Gasteiger partial charge in [-0.25, -0.2) is 23.3 Å². The monoisotopic (exact) mass is 450 g/mol. The first-order valence-corrected chi connectivity index (χ1v) is 9.79. The molecule has 0 spiro atoms. The lowest BCUT2D eigenvalue weighted by atomic mass is 10.1. The lowest BCUT2D eigenvalue weighted by molar-refractivity contribution is 0.0925. The minimum Gasteiger partial charge on any atom is -0.497 e. The Morgan fingerprint density at radius 2 is 1.67 bits per heavy atom. The number of ether oxygens (including phenoxy) is 2. The van der Waals surface area contributed by atoms with Crippen molar-refractivity contribution in [1.29, 1.82) is 0 Å². The van der Waals surface area contributed by atoms with Gasteiger partial charge in [-0.2, -0.15) is 5.10 Å². The number of anilines is 1. The zero-order valence-electron chi connectivity index (χ0n) is 17.7. The lowest BCUT2D eigenvalue weighted by Crippen LogP contribution is -2.29. The largest absolute Gasteiger partial charge is 0.497 e. The number of hydrogen-bond donors (Lipinski definition) is 0. The third-order valence-electron chi connectivity index (χ3n) is 5.44. The van der Waals surface area contributed by atoms with Gasteiger partial charge < -0.3 is 9.47 Å². The zero-order chi connectivity index (χ0) is 23.4. The summed E-state index contributed by atoms with van der Waals surface area (Å²) < 4.78 is 39.4. The van der Waals surface area contributed by atoms with Crippen molar-refractivity contribution in [2.24, 2.45) is 0 Å². The molecule has 0 radical (unpaired) electrons. The molecule has 1 aliphatic heterocycles. The standard InChI is InChI=1S/C23H16F2N4O4/c1-11-19-20-16(10-26-21(19)29(27-11)14-7-12(24)6-13(25)8-14)22(30)28(23(20)31)17-5-4-15(32-2)9-18(17)33-3/h4-10H,1-3H3. The van der Waals surface area contributed by atoms with Crippen LogP contribution in [0.5, 0.6) is 11.5 Å². The molecule has 2 aromatic heterocycles. The van der Waals surface area contributed by atoms with E-state index in [1.54, 1.807) is 25.1 Å². The second-order valence-electron chi connectivity index (χ2n) is 7.35. The second kappa shape index (κ2) is 7.37. The van der Waals surface area contributed by atoms with E-state index in [2.05, 4.69) is 10.1 Å². The number of amides is 2. The number of hydrogen-bond acceptors (Lipinski definition) is 6. The summed E-state index contributed by atoms with van der Waals surface area (Å²) >= 11 is 0. The highest BCUT2D eigenvalue weighted by Gasteiger charge is 2.41. The number of rotatable bonds is 4. The van der Waals surface area contributed by atoms with Gasteiger partial charge in [-0.1, -0.05) is 0 Å². The van der Waals surface area contributed by atoms with E-state index in [9.17, 15) is 18.4 Å². The number of halogens is 2. The number of aromatic nitrogens is 3. The SMILES string of the molecule is COc1ccc(N2C(=O)c3cnc4c(c(C)nn4-c4cc(F)cc(F)c4)c3C2=O)c(OC)c1. The van der Waals surface area contributed by atoms with Gasteiger partial charge in [0, 0.05) is 18.3 Å². The van der Waals surface area contributed by atoms with E-state index in [-0.39, 0.29) is 33.9 Å². The fourth-order valence-corrected chi connectivity index (χ4v) is 3.99. The van der Waals surface area contributed by atoms with E-state index in [0.29, 0.717) is 16.8 Å². The molecule has 33 heavy (non-hydrogen) atoms. The van der Waals surface area contributed by atoms with E-state index in [1.807, 2.05) is 0 Å². The van der Waals surface area contributed by atoms with Crippen molar-refractivity contribution >= 4 is 28.5 Å². The highest BCUT2D eigenvalue weighted by molar-refractivity contribution is 6.37. The Balaban J connectivity index is 1.70. The highest BCUT2D eigenvalue weighted by Crippen LogP contribution is 2.39. The number of carbonyl (C=O) groups excluding carboxylic acids is 2. The summed E-state index contributed by atoms with van der Waals surface area (Å²) in [6, 6.07) is 7.67. The summed E-state index contributed by atoms with van der Waals surface area (Å²) in [5.41, 5.74) is 1.13. The normalized spacial score (nSPS) is 13.1. The van der Waals surface area contributed by atoms with Gasteiger partial charge in [-0.3, -0.25) is 9.59 Å². The van der Waals surface area contributed by atoms with Gasteiger partial charge in [0.2, 0.25) is 0 Å². The Hall–Kier alpha value is -4.34. The summed E-state index contributed by atoms with van der Waals surface area (Å²) in [6.07, 6.45) is 1.27. The average Bonchev–Trinajstić information content (AvgIpc) is 3.26. The number of pyridine rings is 1. The van der Waals surface area contributed by atoms with E-state index >= 15 is 0 Å². The van der Waals surface area contributed by atoms with Gasteiger partial charge in [0.05, 0.1) is 47.8 Å². The summed E-state index contributed by atoms with van der Waals surface area (Å²) in [5, 5.41) is 4.66. The number of methoxy groups -OCH3 is 2. The van der Waals surface area contributed by atoms with Crippen molar-refractivity contribution in [3.63, 3.8) is 0 Å². The molecule has 0 fully saturated rings. The number of benzene rings is 2. The Bertz CT molecular complexity index is 1460. The predicted octanol–water partition coefficient (Wildman–Crippen LogP) is 3.82. The van der Waals surface area contributed by atoms with Crippen LogP contribution in [0.15, 0.2) is 42.6 Å². The molecule has 1 aliphatic rings. The molecule has 0 aliphatic carbocycles. The molecule has 166 valence electrons. The molecule has 3 heterocycles. The van der Waals surface area contributed by atoms with E-state index in [1.165, 1.54) is 25.1 Å². The van der Waals surface area contributed by atoms with Crippen LogP contribution < -0.4 is 14.4 Å². The van der Waals surface area contributed by atoms with Crippen molar-refractivity contribution in [2.45, 2.75) is 6.92 Å². The first kappa shape index (κ1) is 20.6. The highest BCUT2D eigenvalue weighted by atomic mass is 19.1. The van der Waals surface area contributed by atoms with E-state index < -0.39 is 23.4 Å². The van der Waals surface area contributed by atoms with Crippen molar-refractivity contribution in [3.05, 3.63) is 71.1 Å². The molecule has 2 aromatic carbocycles. The fourth-order valence-electron chi connectivity index (χ4n) is 3.99. The van der Waals surface area contributed by atoms with Crippen LogP contribution in [-0.4, -0.2) is 40.8 Å². The summed E-state index contributed by atoms with van der Waals surface area (Å²) in [7, 11) is 2.91. The van der Waals surface area contributed by atoms with Crippen LogP contribution in [0.25, 0.3) is 16.7 Å². The number of aryl methyl sites for hydroxylation is 1. The first-order valence-electron chi connectivity index (χ1n) is 9.79. The zero-order valence-corrected chi connectivity index (χ0v) is 17.7. The molecular formula is C23H16F2N4O4. The Labute approximate surface area is 186 Å². The van der Waals surface area contributed by atoms with Crippen LogP contribution in [0.4, 0.5) is 14.5 Å². The number of carbonyl (C=O) groups is 2. The summed E-state index contributed by atoms with van der Waals surface area (Å²) in [4.78, 5) is 32.0. The third kappa shape index (κ3) is 3.02. The molecule has 0 N–H and O–H groups in total. The minimum absolute atomic E-state index is 0.0958. The molecule has 0 atom stereocenters. The van der Waals surface area contributed by atoms with Gasteiger partial charge >= 0.3 is 0 Å². The lowest BCUT2D eigenvalue weighted by Gasteiger charge is -2.18. The quantitative estimate of drug-likeness (QED) is 0.440. The van der Waals surface area contributed by atoms with Crippen LogP contribution in [0.2, 0.25) is 0 Å². The van der Waals surface area contributed by atoms with E-state index in [0.717, 1.165) is 23.1 Å². The van der Waals surface area contributed by atoms with Gasteiger partial charge in [0.25, 0.3) is 11.8 Å². The molecule has 0 saturated carbocycles. The maximum absolute atomic E-state index is 13.8. The topological polar surface area (TPSA) is 86.5 Å². The average molecular weight is 450 g/mol. The maximum Gasteiger partial charge on any atom is 0.267 e. The van der Waals surface area contributed by atoms with Crippen molar-refractivity contribution in [2.75, 3.05) is 19.1 Å². The van der Waals surface area contributed by atoms with Gasteiger partial charge in [-0.05, 0) is 31.2 Å². The minimum atomic E-state index is -0.781. The third-order valence-corrected chi connectivity index (χ3v) is 5.44. The van der Waals surface area contributed by atoms with Gasteiger partial charge in [0.1, 0.15) is 23.1 Å². The molecule has 2 amide bonds. The van der Waals surface area contributed by atoms with Crippen molar-refractivity contribution in [3.8, 4) is 17.2 Å². The van der Waals surface area contributed by atoms with Gasteiger partial charge in [0.15, 0.2) is 5.65 Å². The Morgan fingerprint density at radius 1 is 0.939 bits per heavy atom. The fraction of sp³-hybridized carbons (Fsp3) is 0.130. The molecular weight excluding hydrogens is 434 g/mol. The molecule has 10 heteroatoms. The summed E-state index contributed by atoms with van der Waals surface area (Å²) in [5.74, 6) is -1.95. The molecule has 4 aromatic rings. The van der Waals surface area contributed by atoms with Crippen LogP contribution in [-0.2, 0) is 0 Å². The maximum atomic E-state index is 13.8. The van der Waals surface area contributed by atoms with Crippen LogP contribution in [0.3, 0.4) is 0 Å². The van der Waals surface area contributed by atoms with Crippen LogP contribution in [0.1, 0.15) is 26.4 Å². The predicted molar refractivity (Wildman–Crippen MR) is 114 cm³/mol. The molecule has 5 rings (SSSR count). The van der Waals surface area contributed by atoms with Crippen LogP contribution >= 0.6 is 0 Å². The second-order valence-corrected chi connectivity index (χ2v) is 7.35. The summed E-state index contributed by atoms with van der Waals surface area (Å²) in [6.45, 7) is 1.63. The number of imide groups is 1. The Kier molecular flexibility index (Phi) is 4.59. The first-order chi connectivity index (χ1) is 15.8. The molecule has 0 unspecified atom stereocenters. The Morgan fingerprint density at radius 3 is 2.33 bits per heavy atom. The van der Waals surface area contributed by atoms with E-state index in [4.69, 9.17) is 9.47 Å². The molecule has 8 nitrogen and oxygen atoms in total. The molecule has 0 bridgehead atoms.